The fourth-order valence-corrected chi connectivity index (χ4v) is 2.96. The second-order valence-corrected chi connectivity index (χ2v) is 6.92. The molecule has 3 N–H and O–H groups in total. The number of esters is 1. The van der Waals surface area contributed by atoms with Crippen LogP contribution >= 0.6 is 0 Å². The number of imide groups is 2. The molecule has 1 aliphatic carbocycles. The normalized spacial score (nSPS) is 18.2. The van der Waals surface area contributed by atoms with E-state index in [0.717, 1.165) is 17.7 Å². The molecule has 6 amide bonds. The third kappa shape index (κ3) is 4.70. The highest BCUT2D eigenvalue weighted by atomic mass is 16.5. The summed E-state index contributed by atoms with van der Waals surface area (Å²) in [6.07, 6.45) is 2.78. The molecule has 26 heavy (non-hydrogen) atoms. The highest BCUT2D eigenvalue weighted by Gasteiger charge is 2.52. The standard InChI is InChI=1S/C16H24N4O6/c1-10(2)7-17-14(24)18-11(21)9-26-12(22)8-20-13(23)16(19-15(20)25)5-3-4-6-16/h10H,3-9H2,1-2H3,(H,19,25)(H2,17,18,21,24). The lowest BCUT2D eigenvalue weighted by atomic mass is 9.98. The van der Waals surface area contributed by atoms with Gasteiger partial charge >= 0.3 is 18.0 Å². The quantitative estimate of drug-likeness (QED) is 0.442. The average molecular weight is 368 g/mol. The summed E-state index contributed by atoms with van der Waals surface area (Å²) in [5.41, 5.74) is -0.900. The van der Waals surface area contributed by atoms with Gasteiger partial charge in [0.05, 0.1) is 0 Å². The number of urea groups is 2. The molecule has 10 nitrogen and oxygen atoms in total. The van der Waals surface area contributed by atoms with Crippen LogP contribution in [0, 0.1) is 5.92 Å². The van der Waals surface area contributed by atoms with Gasteiger partial charge in [0.25, 0.3) is 11.8 Å². The molecular formula is C16H24N4O6. The molecule has 0 radical (unpaired) electrons. The molecule has 0 aromatic carbocycles. The number of carbonyl (C=O) groups is 5. The Hall–Kier alpha value is -2.65. The van der Waals surface area contributed by atoms with E-state index in [1.807, 2.05) is 19.2 Å². The summed E-state index contributed by atoms with van der Waals surface area (Å²) in [5, 5.41) is 7.14. The Bertz CT molecular complexity index is 612. The van der Waals surface area contributed by atoms with Crippen LogP contribution in [0.4, 0.5) is 9.59 Å². The topological polar surface area (TPSA) is 134 Å². The van der Waals surface area contributed by atoms with E-state index >= 15 is 0 Å². The van der Waals surface area contributed by atoms with Gasteiger partial charge in [-0.05, 0) is 18.8 Å². The van der Waals surface area contributed by atoms with Gasteiger partial charge in [-0.3, -0.25) is 24.6 Å². The van der Waals surface area contributed by atoms with Crippen LogP contribution in [-0.2, 0) is 19.1 Å². The first kappa shape index (κ1) is 19.7. The van der Waals surface area contributed by atoms with Crippen molar-refractivity contribution in [3.8, 4) is 0 Å². The van der Waals surface area contributed by atoms with Gasteiger partial charge in [0.15, 0.2) is 6.61 Å². The minimum absolute atomic E-state index is 0.223. The summed E-state index contributed by atoms with van der Waals surface area (Å²) in [5.74, 6) is -1.92. The van der Waals surface area contributed by atoms with E-state index in [-0.39, 0.29) is 5.92 Å². The minimum Gasteiger partial charge on any atom is -0.454 e. The van der Waals surface area contributed by atoms with Gasteiger partial charge in [0.1, 0.15) is 12.1 Å². The summed E-state index contributed by atoms with van der Waals surface area (Å²) < 4.78 is 4.74. The van der Waals surface area contributed by atoms with Crippen LogP contribution in [0.5, 0.6) is 0 Å². The molecule has 0 bridgehead atoms. The summed E-state index contributed by atoms with van der Waals surface area (Å²) in [4.78, 5) is 59.9. The lowest BCUT2D eigenvalue weighted by molar-refractivity contribution is -0.150. The van der Waals surface area contributed by atoms with Crippen molar-refractivity contribution in [2.24, 2.45) is 5.92 Å². The smallest absolute Gasteiger partial charge is 0.326 e. The number of nitrogens with one attached hydrogen (secondary N) is 3. The average Bonchev–Trinajstić information content (AvgIpc) is 3.12. The molecule has 0 aromatic rings. The van der Waals surface area contributed by atoms with Crippen LogP contribution in [0.2, 0.25) is 0 Å². The summed E-state index contributed by atoms with van der Waals surface area (Å²) in [6.45, 7) is 2.94. The van der Waals surface area contributed by atoms with Crippen molar-refractivity contribution in [3.05, 3.63) is 0 Å². The molecule has 1 spiro atoms. The fraction of sp³-hybridized carbons (Fsp3) is 0.688. The SMILES string of the molecule is CC(C)CNC(=O)NC(=O)COC(=O)CN1C(=O)NC2(CCCC2)C1=O. The van der Waals surface area contributed by atoms with E-state index in [4.69, 9.17) is 4.74 Å². The molecule has 1 saturated heterocycles. The van der Waals surface area contributed by atoms with Crippen molar-refractivity contribution < 1.29 is 28.7 Å². The lowest BCUT2D eigenvalue weighted by Crippen LogP contribution is -2.45. The van der Waals surface area contributed by atoms with E-state index in [1.54, 1.807) is 0 Å². The number of amides is 6. The molecule has 2 aliphatic rings. The summed E-state index contributed by atoms with van der Waals surface area (Å²) in [6, 6.07) is -1.32. The number of hydrogen-bond acceptors (Lipinski definition) is 6. The van der Waals surface area contributed by atoms with Crippen LogP contribution in [0.15, 0.2) is 0 Å². The number of carbonyl (C=O) groups excluding carboxylic acids is 5. The van der Waals surface area contributed by atoms with Crippen molar-refractivity contribution in [1.29, 1.82) is 0 Å². The van der Waals surface area contributed by atoms with Gasteiger partial charge in [0.2, 0.25) is 0 Å². The third-order valence-corrected chi connectivity index (χ3v) is 4.28. The van der Waals surface area contributed by atoms with Crippen molar-refractivity contribution in [2.75, 3.05) is 19.7 Å². The summed E-state index contributed by atoms with van der Waals surface area (Å²) in [7, 11) is 0. The van der Waals surface area contributed by atoms with Crippen molar-refractivity contribution in [3.63, 3.8) is 0 Å². The maximum Gasteiger partial charge on any atom is 0.326 e. The molecular weight excluding hydrogens is 344 g/mol. The monoisotopic (exact) mass is 368 g/mol. The second kappa shape index (κ2) is 8.15. The van der Waals surface area contributed by atoms with Crippen molar-refractivity contribution in [1.82, 2.24) is 20.9 Å². The molecule has 2 fully saturated rings. The number of hydrogen-bond donors (Lipinski definition) is 3. The Morgan fingerprint density at radius 1 is 1.23 bits per heavy atom. The van der Waals surface area contributed by atoms with Gasteiger partial charge < -0.3 is 15.4 Å². The Balaban J connectivity index is 1.75. The van der Waals surface area contributed by atoms with E-state index in [0.29, 0.717) is 19.4 Å². The first-order valence-corrected chi connectivity index (χ1v) is 8.61. The molecule has 10 heteroatoms. The Labute approximate surface area is 151 Å². The van der Waals surface area contributed by atoms with Crippen LogP contribution in [0.3, 0.4) is 0 Å². The zero-order valence-electron chi connectivity index (χ0n) is 14.9. The van der Waals surface area contributed by atoms with Crippen molar-refractivity contribution in [2.45, 2.75) is 45.1 Å². The number of ether oxygens (including phenoxy) is 1. The lowest BCUT2D eigenvalue weighted by Gasteiger charge is -2.19. The van der Waals surface area contributed by atoms with E-state index in [9.17, 15) is 24.0 Å². The summed E-state index contributed by atoms with van der Waals surface area (Å²) >= 11 is 0. The van der Waals surface area contributed by atoms with Gasteiger partial charge in [-0.1, -0.05) is 26.7 Å². The van der Waals surface area contributed by atoms with Crippen LogP contribution in [0.25, 0.3) is 0 Å². The number of rotatable bonds is 6. The second-order valence-electron chi connectivity index (χ2n) is 6.92. The molecule has 2 rings (SSSR count). The fourth-order valence-electron chi connectivity index (χ4n) is 2.96. The molecule has 1 aliphatic heterocycles. The van der Waals surface area contributed by atoms with Crippen molar-refractivity contribution >= 4 is 29.8 Å². The molecule has 0 atom stereocenters. The Morgan fingerprint density at radius 3 is 2.50 bits per heavy atom. The molecule has 0 aromatic heterocycles. The maximum atomic E-state index is 12.4. The number of nitrogens with zero attached hydrogens (tertiary/aromatic N) is 1. The Kier molecular flexibility index (Phi) is 6.17. The van der Waals surface area contributed by atoms with Crippen LogP contribution in [0.1, 0.15) is 39.5 Å². The molecule has 1 saturated carbocycles. The van der Waals surface area contributed by atoms with Gasteiger partial charge in [0, 0.05) is 6.54 Å². The zero-order chi connectivity index (χ0) is 19.3. The van der Waals surface area contributed by atoms with Gasteiger partial charge in [-0.2, -0.15) is 0 Å². The molecule has 0 unspecified atom stereocenters. The third-order valence-electron chi connectivity index (χ3n) is 4.28. The first-order chi connectivity index (χ1) is 12.2. The van der Waals surface area contributed by atoms with E-state index < -0.39 is 48.5 Å². The zero-order valence-corrected chi connectivity index (χ0v) is 14.9. The van der Waals surface area contributed by atoms with E-state index in [2.05, 4.69) is 10.6 Å². The minimum atomic E-state index is -0.902. The maximum absolute atomic E-state index is 12.4. The van der Waals surface area contributed by atoms with Gasteiger partial charge in [-0.15, -0.1) is 0 Å². The van der Waals surface area contributed by atoms with Crippen LogP contribution in [-0.4, -0.2) is 60.0 Å². The highest BCUT2D eigenvalue weighted by molar-refractivity contribution is 6.09. The van der Waals surface area contributed by atoms with Gasteiger partial charge in [-0.25, -0.2) is 9.59 Å². The first-order valence-electron chi connectivity index (χ1n) is 8.61. The predicted octanol–water partition coefficient (Wildman–Crippen LogP) is -0.124. The predicted molar refractivity (Wildman–Crippen MR) is 88.8 cm³/mol. The molecule has 144 valence electrons. The largest absolute Gasteiger partial charge is 0.454 e. The van der Waals surface area contributed by atoms with E-state index in [1.165, 1.54) is 0 Å². The highest BCUT2D eigenvalue weighted by Crippen LogP contribution is 2.34. The Morgan fingerprint density at radius 2 is 1.88 bits per heavy atom. The van der Waals surface area contributed by atoms with Crippen LogP contribution < -0.4 is 16.0 Å². The molecule has 1 heterocycles.